The molecule has 1 saturated heterocycles. The number of pyridine rings is 1. The number of hydrogen-bond acceptors (Lipinski definition) is 6. The molecule has 8 heteroatoms. The van der Waals surface area contributed by atoms with Crippen LogP contribution < -0.4 is 10.5 Å². The molecule has 0 atom stereocenters. The first kappa shape index (κ1) is 23.1. The van der Waals surface area contributed by atoms with Gasteiger partial charge in [-0.15, -0.1) is 0 Å². The molecule has 35 heavy (non-hydrogen) atoms. The average molecular weight is 486 g/mol. The Morgan fingerprint density at radius 2 is 1.69 bits per heavy atom. The average Bonchev–Trinajstić information content (AvgIpc) is 2.92. The summed E-state index contributed by atoms with van der Waals surface area (Å²) >= 11 is 1.31. The van der Waals surface area contributed by atoms with Gasteiger partial charge in [-0.25, -0.2) is 9.97 Å². The molecular formula is C27H27N5O2S. The van der Waals surface area contributed by atoms with Crippen LogP contribution in [-0.2, 0) is 11.2 Å². The molecule has 1 amide bonds. The van der Waals surface area contributed by atoms with Crippen molar-refractivity contribution >= 4 is 34.4 Å². The van der Waals surface area contributed by atoms with Gasteiger partial charge in [-0.1, -0.05) is 49.0 Å². The molecule has 2 aromatic heterocycles. The van der Waals surface area contributed by atoms with Gasteiger partial charge in [0, 0.05) is 32.4 Å². The number of carbonyl (C=O) groups excluding carboxylic acids is 1. The van der Waals surface area contributed by atoms with Crippen LogP contribution in [0.2, 0.25) is 0 Å². The van der Waals surface area contributed by atoms with Crippen LogP contribution in [0.5, 0.6) is 0 Å². The second-order valence-electron chi connectivity index (χ2n) is 8.42. The molecule has 0 unspecified atom stereocenters. The maximum absolute atomic E-state index is 13.4. The van der Waals surface area contributed by atoms with Crippen LogP contribution in [0, 0.1) is 0 Å². The Morgan fingerprint density at radius 1 is 0.943 bits per heavy atom. The predicted octanol–water partition coefficient (Wildman–Crippen LogP) is 3.78. The van der Waals surface area contributed by atoms with Gasteiger partial charge in [0.15, 0.2) is 5.16 Å². The molecule has 0 bridgehead atoms. The number of para-hydroxylation sites is 1. The van der Waals surface area contributed by atoms with Crippen molar-refractivity contribution in [3.63, 3.8) is 0 Å². The Labute approximate surface area is 208 Å². The summed E-state index contributed by atoms with van der Waals surface area (Å²) < 4.78 is 1.62. The smallest absolute Gasteiger partial charge is 0.266 e. The lowest BCUT2D eigenvalue weighted by atomic mass is 10.1. The molecule has 5 rings (SSSR count). The molecule has 178 valence electrons. The number of anilines is 1. The van der Waals surface area contributed by atoms with Crippen molar-refractivity contribution in [1.29, 1.82) is 0 Å². The van der Waals surface area contributed by atoms with E-state index in [9.17, 15) is 9.59 Å². The Kier molecular flexibility index (Phi) is 6.81. The first-order valence-corrected chi connectivity index (χ1v) is 12.8. The zero-order valence-electron chi connectivity index (χ0n) is 19.6. The predicted molar refractivity (Wildman–Crippen MR) is 140 cm³/mol. The Bertz CT molecular complexity index is 1380. The van der Waals surface area contributed by atoms with Gasteiger partial charge in [0.1, 0.15) is 5.82 Å². The van der Waals surface area contributed by atoms with Crippen LogP contribution >= 0.6 is 11.8 Å². The van der Waals surface area contributed by atoms with Gasteiger partial charge < -0.3 is 9.80 Å². The highest BCUT2D eigenvalue weighted by molar-refractivity contribution is 7.99. The number of nitrogens with zero attached hydrogens (tertiary/aromatic N) is 5. The van der Waals surface area contributed by atoms with Crippen LogP contribution in [0.4, 0.5) is 5.82 Å². The second kappa shape index (κ2) is 10.3. The number of benzene rings is 2. The maximum Gasteiger partial charge on any atom is 0.266 e. The minimum atomic E-state index is -0.126. The fraction of sp³-hybridized carbons (Fsp3) is 0.259. The summed E-state index contributed by atoms with van der Waals surface area (Å²) in [5, 5.41) is 1.09. The largest absolute Gasteiger partial charge is 0.353 e. The lowest BCUT2D eigenvalue weighted by Gasteiger charge is -2.35. The Balaban J connectivity index is 1.35. The zero-order chi connectivity index (χ0) is 24.2. The molecule has 7 nitrogen and oxygen atoms in total. The SMILES string of the molecule is CCc1ccc(-n2c(SCC(=O)N3CCN(c4ccccn4)CC3)nc3ccccc3c2=O)cc1. The molecule has 0 saturated carbocycles. The van der Waals surface area contributed by atoms with E-state index in [1.807, 2.05) is 65.6 Å². The van der Waals surface area contributed by atoms with Crippen molar-refractivity contribution in [3.05, 3.63) is 88.8 Å². The van der Waals surface area contributed by atoms with E-state index < -0.39 is 0 Å². The zero-order valence-corrected chi connectivity index (χ0v) is 20.4. The molecule has 0 radical (unpaired) electrons. The van der Waals surface area contributed by atoms with Crippen molar-refractivity contribution in [2.24, 2.45) is 0 Å². The van der Waals surface area contributed by atoms with E-state index >= 15 is 0 Å². The van der Waals surface area contributed by atoms with Crippen molar-refractivity contribution < 1.29 is 4.79 Å². The van der Waals surface area contributed by atoms with Crippen molar-refractivity contribution in [1.82, 2.24) is 19.4 Å². The summed E-state index contributed by atoms with van der Waals surface area (Å²) in [7, 11) is 0. The molecule has 3 heterocycles. The number of thioether (sulfide) groups is 1. The summed E-state index contributed by atoms with van der Waals surface area (Å²) in [6.07, 6.45) is 2.71. The number of aryl methyl sites for hydroxylation is 1. The minimum Gasteiger partial charge on any atom is -0.353 e. The first-order chi connectivity index (χ1) is 17.1. The maximum atomic E-state index is 13.4. The van der Waals surface area contributed by atoms with Crippen LogP contribution in [0.1, 0.15) is 12.5 Å². The summed E-state index contributed by atoms with van der Waals surface area (Å²) in [5.74, 6) is 1.21. The van der Waals surface area contributed by atoms with Gasteiger partial charge in [-0.05, 0) is 48.4 Å². The molecule has 1 fully saturated rings. The van der Waals surface area contributed by atoms with Crippen LogP contribution in [0.3, 0.4) is 0 Å². The van der Waals surface area contributed by atoms with E-state index in [0.29, 0.717) is 29.1 Å². The number of rotatable bonds is 6. The highest BCUT2D eigenvalue weighted by atomic mass is 32.2. The van der Waals surface area contributed by atoms with Crippen molar-refractivity contribution in [2.75, 3.05) is 36.8 Å². The van der Waals surface area contributed by atoms with Crippen molar-refractivity contribution in [3.8, 4) is 5.69 Å². The summed E-state index contributed by atoms with van der Waals surface area (Å²) in [4.78, 5) is 39.7. The third-order valence-electron chi connectivity index (χ3n) is 6.28. The number of fused-ring (bicyclic) bond motifs is 1. The monoisotopic (exact) mass is 485 g/mol. The third-order valence-corrected chi connectivity index (χ3v) is 7.20. The third kappa shape index (κ3) is 4.93. The topological polar surface area (TPSA) is 71.3 Å². The number of hydrogen-bond donors (Lipinski definition) is 0. The van der Waals surface area contributed by atoms with Gasteiger partial charge in [0.2, 0.25) is 5.91 Å². The molecule has 2 aromatic carbocycles. The number of carbonyl (C=O) groups is 1. The van der Waals surface area contributed by atoms with Gasteiger partial charge in [0.25, 0.3) is 5.56 Å². The lowest BCUT2D eigenvalue weighted by Crippen LogP contribution is -2.49. The molecule has 1 aliphatic rings. The summed E-state index contributed by atoms with van der Waals surface area (Å²) in [6, 6.07) is 21.2. The molecule has 0 spiro atoms. The lowest BCUT2D eigenvalue weighted by molar-refractivity contribution is -0.128. The Hall–Kier alpha value is -3.65. The van der Waals surface area contributed by atoms with Crippen LogP contribution in [0.25, 0.3) is 16.6 Å². The summed E-state index contributed by atoms with van der Waals surface area (Å²) in [6.45, 7) is 4.88. The molecule has 1 aliphatic heterocycles. The molecule has 0 N–H and O–H groups in total. The second-order valence-corrected chi connectivity index (χ2v) is 9.36. The van der Waals surface area contributed by atoms with Gasteiger partial charge in [-0.2, -0.15) is 0 Å². The van der Waals surface area contributed by atoms with Gasteiger partial charge in [0.05, 0.1) is 22.3 Å². The van der Waals surface area contributed by atoms with E-state index in [2.05, 4.69) is 16.8 Å². The van der Waals surface area contributed by atoms with Crippen molar-refractivity contribution in [2.45, 2.75) is 18.5 Å². The molecule has 4 aromatic rings. The van der Waals surface area contributed by atoms with E-state index in [1.54, 1.807) is 16.8 Å². The standard InChI is InChI=1S/C27H27N5O2S/c1-2-20-10-12-21(13-11-20)32-26(34)22-7-3-4-8-23(22)29-27(32)35-19-25(33)31-17-15-30(16-18-31)24-9-5-6-14-28-24/h3-14H,2,15-19H2,1H3. The van der Waals surface area contributed by atoms with Crippen LogP contribution in [-0.4, -0.2) is 57.3 Å². The number of piperazine rings is 1. The molecule has 0 aliphatic carbocycles. The molecular weight excluding hydrogens is 458 g/mol. The normalized spacial score (nSPS) is 13.9. The van der Waals surface area contributed by atoms with E-state index in [-0.39, 0.29) is 17.2 Å². The fourth-order valence-electron chi connectivity index (χ4n) is 4.26. The Morgan fingerprint density at radius 3 is 2.40 bits per heavy atom. The summed E-state index contributed by atoms with van der Waals surface area (Å²) in [5.41, 5.74) is 2.46. The van der Waals surface area contributed by atoms with Gasteiger partial charge >= 0.3 is 0 Å². The van der Waals surface area contributed by atoms with Crippen LogP contribution in [0.15, 0.2) is 82.9 Å². The highest BCUT2D eigenvalue weighted by Crippen LogP contribution is 2.23. The first-order valence-electron chi connectivity index (χ1n) is 11.8. The quantitative estimate of drug-likeness (QED) is 0.306. The van der Waals surface area contributed by atoms with E-state index in [0.717, 1.165) is 31.0 Å². The number of aromatic nitrogens is 3. The number of amides is 1. The van der Waals surface area contributed by atoms with E-state index in [4.69, 9.17) is 4.98 Å². The van der Waals surface area contributed by atoms with Gasteiger partial charge in [-0.3, -0.25) is 14.2 Å². The fourth-order valence-corrected chi connectivity index (χ4v) is 5.18. The minimum absolute atomic E-state index is 0.0472. The highest BCUT2D eigenvalue weighted by Gasteiger charge is 2.23. The van der Waals surface area contributed by atoms with E-state index in [1.165, 1.54) is 17.3 Å².